The third-order valence-electron chi connectivity index (χ3n) is 5.64. The number of ether oxygens (including phenoxy) is 2. The third kappa shape index (κ3) is 4.89. The SMILES string of the molecule is COC(=O)c1c(NC(=O)c2cc(COc3ccc(C)cc3C)cs2)sc2c1CCCCC2. The van der Waals surface area contributed by atoms with Crippen LogP contribution in [-0.2, 0) is 24.2 Å². The van der Waals surface area contributed by atoms with E-state index in [0.717, 1.165) is 54.5 Å². The average molecular weight is 470 g/mol. The van der Waals surface area contributed by atoms with Crippen LogP contribution in [0, 0.1) is 13.8 Å². The standard InChI is InChI=1S/C25H27NO4S2/c1-15-9-10-19(16(2)11-15)30-13-17-12-21(31-14-17)23(27)26-24-22(25(28)29-3)18-7-5-4-6-8-20(18)32-24/h9-12,14H,4-8,13H2,1-3H3,(H,26,27). The van der Waals surface area contributed by atoms with Crippen LogP contribution in [0.5, 0.6) is 5.75 Å². The fourth-order valence-electron chi connectivity index (χ4n) is 4.01. The number of rotatable bonds is 6. The Hall–Kier alpha value is -2.64. The molecule has 3 aromatic rings. The lowest BCUT2D eigenvalue weighted by Gasteiger charge is -2.08. The van der Waals surface area contributed by atoms with Gasteiger partial charge in [0.15, 0.2) is 0 Å². The molecule has 0 saturated carbocycles. The minimum atomic E-state index is -0.381. The first kappa shape index (κ1) is 22.6. The largest absolute Gasteiger partial charge is 0.489 e. The van der Waals surface area contributed by atoms with E-state index in [1.165, 1.54) is 40.2 Å². The van der Waals surface area contributed by atoms with Gasteiger partial charge in [-0.15, -0.1) is 22.7 Å². The van der Waals surface area contributed by atoms with E-state index in [-0.39, 0.29) is 11.9 Å². The van der Waals surface area contributed by atoms with Crippen molar-refractivity contribution in [3.8, 4) is 5.75 Å². The normalized spacial score (nSPS) is 13.2. The maximum Gasteiger partial charge on any atom is 0.341 e. The smallest absolute Gasteiger partial charge is 0.341 e. The Labute approximate surface area is 196 Å². The molecule has 0 radical (unpaired) electrons. The fourth-order valence-corrected chi connectivity index (χ4v) is 6.07. The zero-order valence-electron chi connectivity index (χ0n) is 18.6. The highest BCUT2D eigenvalue weighted by molar-refractivity contribution is 7.17. The molecule has 0 aliphatic heterocycles. The summed E-state index contributed by atoms with van der Waals surface area (Å²) in [5.74, 6) is 0.248. The molecule has 2 heterocycles. The van der Waals surface area contributed by atoms with Crippen LogP contribution < -0.4 is 10.1 Å². The molecule has 0 bridgehead atoms. The number of amides is 1. The lowest BCUT2D eigenvalue weighted by atomic mass is 10.1. The molecule has 1 aliphatic carbocycles. The van der Waals surface area contributed by atoms with Gasteiger partial charge in [0.2, 0.25) is 0 Å². The topological polar surface area (TPSA) is 64.6 Å². The lowest BCUT2D eigenvalue weighted by Crippen LogP contribution is -2.13. The summed E-state index contributed by atoms with van der Waals surface area (Å²) in [5.41, 5.74) is 4.80. The maximum absolute atomic E-state index is 13.0. The monoisotopic (exact) mass is 469 g/mol. The summed E-state index contributed by atoms with van der Waals surface area (Å²) in [7, 11) is 1.38. The van der Waals surface area contributed by atoms with Crippen LogP contribution >= 0.6 is 22.7 Å². The Morgan fingerprint density at radius 1 is 1.09 bits per heavy atom. The van der Waals surface area contributed by atoms with Crippen LogP contribution in [-0.4, -0.2) is 19.0 Å². The summed E-state index contributed by atoms with van der Waals surface area (Å²) in [4.78, 5) is 27.2. The second-order valence-electron chi connectivity index (χ2n) is 8.09. The number of anilines is 1. The summed E-state index contributed by atoms with van der Waals surface area (Å²) in [6.45, 7) is 4.47. The van der Waals surface area contributed by atoms with Gasteiger partial charge in [-0.2, -0.15) is 0 Å². The van der Waals surface area contributed by atoms with Crippen molar-refractivity contribution in [3.63, 3.8) is 0 Å². The van der Waals surface area contributed by atoms with Crippen LogP contribution in [0.3, 0.4) is 0 Å². The van der Waals surface area contributed by atoms with Gasteiger partial charge in [-0.25, -0.2) is 4.79 Å². The quantitative estimate of drug-likeness (QED) is 0.339. The molecular formula is C25H27NO4S2. The molecule has 1 N–H and O–H groups in total. The molecule has 1 amide bonds. The molecule has 1 aromatic carbocycles. The molecule has 0 saturated heterocycles. The van der Waals surface area contributed by atoms with Crippen molar-refractivity contribution < 1.29 is 19.1 Å². The molecule has 5 nitrogen and oxygen atoms in total. The van der Waals surface area contributed by atoms with E-state index in [9.17, 15) is 9.59 Å². The molecule has 2 aromatic heterocycles. The number of esters is 1. The predicted octanol–water partition coefficient (Wildman–Crippen LogP) is 6.31. The van der Waals surface area contributed by atoms with E-state index in [0.29, 0.717) is 22.0 Å². The zero-order valence-corrected chi connectivity index (χ0v) is 20.2. The van der Waals surface area contributed by atoms with Gasteiger partial charge in [0.05, 0.1) is 17.6 Å². The highest BCUT2D eigenvalue weighted by Gasteiger charge is 2.26. The number of fused-ring (bicyclic) bond motifs is 1. The Balaban J connectivity index is 1.48. The highest BCUT2D eigenvalue weighted by Crippen LogP contribution is 2.38. The van der Waals surface area contributed by atoms with E-state index in [4.69, 9.17) is 9.47 Å². The summed E-state index contributed by atoms with van der Waals surface area (Å²) in [6.07, 6.45) is 5.11. The molecule has 0 atom stereocenters. The van der Waals surface area contributed by atoms with Crippen LogP contribution in [0.15, 0.2) is 29.6 Å². The van der Waals surface area contributed by atoms with Crippen molar-refractivity contribution in [2.24, 2.45) is 0 Å². The van der Waals surface area contributed by atoms with E-state index in [1.807, 2.05) is 30.5 Å². The van der Waals surface area contributed by atoms with Crippen molar-refractivity contribution in [1.82, 2.24) is 0 Å². The van der Waals surface area contributed by atoms with Crippen LogP contribution in [0.2, 0.25) is 0 Å². The number of nitrogens with one attached hydrogen (secondary N) is 1. The van der Waals surface area contributed by atoms with E-state index in [1.54, 1.807) is 0 Å². The molecule has 0 unspecified atom stereocenters. The van der Waals surface area contributed by atoms with Gasteiger partial charge in [0.25, 0.3) is 5.91 Å². The number of hydrogen-bond acceptors (Lipinski definition) is 6. The predicted molar refractivity (Wildman–Crippen MR) is 129 cm³/mol. The molecular weight excluding hydrogens is 442 g/mol. The summed E-state index contributed by atoms with van der Waals surface area (Å²) in [5, 5.41) is 5.50. The Morgan fingerprint density at radius 3 is 2.69 bits per heavy atom. The number of benzene rings is 1. The van der Waals surface area contributed by atoms with Crippen molar-refractivity contribution in [2.45, 2.75) is 52.6 Å². The van der Waals surface area contributed by atoms with Crippen LogP contribution in [0.4, 0.5) is 5.00 Å². The first-order valence-electron chi connectivity index (χ1n) is 10.8. The van der Waals surface area contributed by atoms with E-state index >= 15 is 0 Å². The van der Waals surface area contributed by atoms with Crippen molar-refractivity contribution in [1.29, 1.82) is 0 Å². The first-order valence-corrected chi connectivity index (χ1v) is 12.5. The summed E-state index contributed by atoms with van der Waals surface area (Å²) in [6, 6.07) is 7.93. The molecule has 168 valence electrons. The first-order chi connectivity index (χ1) is 15.5. The zero-order chi connectivity index (χ0) is 22.7. The minimum absolute atomic E-state index is 0.214. The summed E-state index contributed by atoms with van der Waals surface area (Å²) < 4.78 is 11.0. The van der Waals surface area contributed by atoms with Crippen molar-refractivity contribution >= 4 is 39.6 Å². The third-order valence-corrected chi connectivity index (χ3v) is 7.83. The number of carbonyl (C=O) groups excluding carboxylic acids is 2. The lowest BCUT2D eigenvalue weighted by molar-refractivity contribution is 0.0601. The van der Waals surface area contributed by atoms with Crippen molar-refractivity contribution in [2.75, 3.05) is 12.4 Å². The maximum atomic E-state index is 13.0. The second-order valence-corrected chi connectivity index (χ2v) is 10.1. The highest BCUT2D eigenvalue weighted by atomic mass is 32.1. The molecule has 1 aliphatic rings. The van der Waals surface area contributed by atoms with E-state index < -0.39 is 0 Å². The van der Waals surface area contributed by atoms with Gasteiger partial charge < -0.3 is 14.8 Å². The van der Waals surface area contributed by atoms with Gasteiger partial charge in [-0.05, 0) is 68.2 Å². The molecule has 0 spiro atoms. The number of aryl methyl sites for hydroxylation is 3. The van der Waals surface area contributed by atoms with Crippen LogP contribution in [0.25, 0.3) is 0 Å². The van der Waals surface area contributed by atoms with Gasteiger partial charge in [-0.1, -0.05) is 24.1 Å². The van der Waals surface area contributed by atoms with Gasteiger partial charge in [0.1, 0.15) is 17.4 Å². The Bertz CT molecular complexity index is 1150. The molecule has 4 rings (SSSR count). The van der Waals surface area contributed by atoms with Gasteiger partial charge >= 0.3 is 5.97 Å². The number of carbonyl (C=O) groups is 2. The average Bonchev–Trinajstić information content (AvgIpc) is 3.31. The van der Waals surface area contributed by atoms with Gasteiger partial charge in [-0.3, -0.25) is 4.79 Å². The fraction of sp³-hybridized carbons (Fsp3) is 0.360. The second kappa shape index (κ2) is 9.88. The minimum Gasteiger partial charge on any atom is -0.489 e. The molecule has 7 heteroatoms. The Kier molecular flexibility index (Phi) is 6.96. The molecule has 32 heavy (non-hydrogen) atoms. The van der Waals surface area contributed by atoms with Crippen LogP contribution in [0.1, 0.15) is 66.4 Å². The summed E-state index contributed by atoms with van der Waals surface area (Å²) >= 11 is 2.88. The van der Waals surface area contributed by atoms with Gasteiger partial charge in [0, 0.05) is 10.4 Å². The van der Waals surface area contributed by atoms with E-state index in [2.05, 4.69) is 18.3 Å². The number of hydrogen-bond donors (Lipinski definition) is 1. The Morgan fingerprint density at radius 2 is 1.91 bits per heavy atom. The van der Waals surface area contributed by atoms with Crippen molar-refractivity contribution in [3.05, 3.63) is 67.2 Å². The molecule has 0 fully saturated rings. The number of thiophene rings is 2. The number of methoxy groups -OCH3 is 1.